The summed E-state index contributed by atoms with van der Waals surface area (Å²) in [6, 6.07) is 8.55. The molecule has 0 bridgehead atoms. The van der Waals surface area contributed by atoms with Crippen LogP contribution in [-0.4, -0.2) is 57.3 Å². The van der Waals surface area contributed by atoms with Crippen molar-refractivity contribution < 1.29 is 4.74 Å². The number of nitrogens with zero attached hydrogens (tertiary/aromatic N) is 2. The number of ether oxygens (including phenoxy) is 1. The van der Waals surface area contributed by atoms with E-state index in [4.69, 9.17) is 4.74 Å². The molecule has 1 saturated heterocycles. The van der Waals surface area contributed by atoms with Crippen LogP contribution >= 0.6 is 24.0 Å². The van der Waals surface area contributed by atoms with Gasteiger partial charge >= 0.3 is 0 Å². The Bertz CT molecular complexity index is 444. The zero-order chi connectivity index (χ0) is 14.9. The van der Waals surface area contributed by atoms with Gasteiger partial charge in [0, 0.05) is 39.8 Å². The largest absolute Gasteiger partial charge is 0.379 e. The van der Waals surface area contributed by atoms with Crippen LogP contribution in [0.15, 0.2) is 29.3 Å². The zero-order valence-corrected chi connectivity index (χ0v) is 15.8. The summed E-state index contributed by atoms with van der Waals surface area (Å²) in [6.45, 7) is 8.55. The maximum atomic E-state index is 5.35. The molecule has 0 radical (unpaired) electrons. The van der Waals surface area contributed by atoms with E-state index in [1.165, 1.54) is 11.1 Å². The highest BCUT2D eigenvalue weighted by Gasteiger charge is 2.09. The second-order valence-electron chi connectivity index (χ2n) is 5.29. The maximum Gasteiger partial charge on any atom is 0.191 e. The molecule has 1 aromatic rings. The Morgan fingerprint density at radius 1 is 1.18 bits per heavy atom. The minimum atomic E-state index is 0. The summed E-state index contributed by atoms with van der Waals surface area (Å²) >= 11 is 0. The predicted molar refractivity (Wildman–Crippen MR) is 102 cm³/mol. The van der Waals surface area contributed by atoms with Crippen LogP contribution in [0, 0.1) is 6.92 Å². The molecule has 1 aromatic carbocycles. The smallest absolute Gasteiger partial charge is 0.191 e. The van der Waals surface area contributed by atoms with Crippen molar-refractivity contribution in [1.82, 2.24) is 15.5 Å². The normalized spacial score (nSPS) is 16.0. The van der Waals surface area contributed by atoms with Crippen molar-refractivity contribution >= 4 is 29.9 Å². The third-order valence-electron chi connectivity index (χ3n) is 3.63. The highest BCUT2D eigenvalue weighted by Crippen LogP contribution is 2.02. The number of nitrogens with one attached hydrogen (secondary N) is 2. The van der Waals surface area contributed by atoms with E-state index in [0.29, 0.717) is 0 Å². The molecular weight excluding hydrogens is 391 g/mol. The standard InChI is InChI=1S/C16H26N4O.HI/c1-14-3-5-15(6-4-14)13-19-16(17-2)18-7-8-20-9-11-21-12-10-20;/h3-6H,7-13H2,1-2H3,(H2,17,18,19);1H. The molecule has 0 saturated carbocycles. The van der Waals surface area contributed by atoms with E-state index in [9.17, 15) is 0 Å². The van der Waals surface area contributed by atoms with Crippen LogP contribution in [0.2, 0.25) is 0 Å². The van der Waals surface area contributed by atoms with Crippen LogP contribution < -0.4 is 10.6 Å². The summed E-state index contributed by atoms with van der Waals surface area (Å²) in [5.41, 5.74) is 2.54. The van der Waals surface area contributed by atoms with Gasteiger partial charge in [0.05, 0.1) is 13.2 Å². The monoisotopic (exact) mass is 418 g/mol. The summed E-state index contributed by atoms with van der Waals surface area (Å²) in [5, 5.41) is 6.69. The van der Waals surface area contributed by atoms with Gasteiger partial charge in [-0.3, -0.25) is 9.89 Å². The summed E-state index contributed by atoms with van der Waals surface area (Å²) in [7, 11) is 1.80. The Hall–Kier alpha value is -0.860. The Kier molecular flexibility index (Phi) is 9.42. The van der Waals surface area contributed by atoms with E-state index >= 15 is 0 Å². The number of aryl methyl sites for hydroxylation is 1. The van der Waals surface area contributed by atoms with Crippen molar-refractivity contribution in [2.75, 3.05) is 46.4 Å². The van der Waals surface area contributed by atoms with Crippen molar-refractivity contribution in [2.45, 2.75) is 13.5 Å². The number of benzene rings is 1. The Labute approximate surface area is 150 Å². The average Bonchev–Trinajstić information content (AvgIpc) is 2.53. The molecule has 1 aliphatic rings. The molecule has 0 unspecified atom stereocenters. The van der Waals surface area contributed by atoms with Gasteiger partial charge in [-0.1, -0.05) is 29.8 Å². The first-order valence-electron chi connectivity index (χ1n) is 7.58. The lowest BCUT2D eigenvalue weighted by Crippen LogP contribution is -2.44. The van der Waals surface area contributed by atoms with Gasteiger partial charge in [-0.15, -0.1) is 24.0 Å². The van der Waals surface area contributed by atoms with Crippen LogP contribution in [0.4, 0.5) is 0 Å². The zero-order valence-electron chi connectivity index (χ0n) is 13.5. The third kappa shape index (κ3) is 6.93. The van der Waals surface area contributed by atoms with Crippen molar-refractivity contribution in [3.63, 3.8) is 0 Å². The molecule has 0 amide bonds. The fraction of sp³-hybridized carbons (Fsp3) is 0.562. The number of aliphatic imine (C=N–C) groups is 1. The van der Waals surface area contributed by atoms with Gasteiger partial charge in [0.1, 0.15) is 0 Å². The summed E-state index contributed by atoms with van der Waals surface area (Å²) in [6.07, 6.45) is 0. The van der Waals surface area contributed by atoms with Gasteiger partial charge in [-0.05, 0) is 12.5 Å². The van der Waals surface area contributed by atoms with Crippen molar-refractivity contribution in [3.05, 3.63) is 35.4 Å². The van der Waals surface area contributed by atoms with Crippen molar-refractivity contribution in [3.8, 4) is 0 Å². The molecule has 0 aromatic heterocycles. The van der Waals surface area contributed by atoms with E-state index in [2.05, 4.69) is 51.7 Å². The van der Waals surface area contributed by atoms with Gasteiger partial charge < -0.3 is 15.4 Å². The first-order chi connectivity index (χ1) is 10.3. The number of hydrogen-bond donors (Lipinski definition) is 2. The van der Waals surface area contributed by atoms with Crippen LogP contribution in [0.1, 0.15) is 11.1 Å². The molecule has 1 heterocycles. The lowest BCUT2D eigenvalue weighted by molar-refractivity contribution is 0.0389. The molecule has 2 rings (SSSR count). The molecule has 0 atom stereocenters. The SMILES string of the molecule is CN=C(NCCN1CCOCC1)NCc1ccc(C)cc1.I. The van der Waals surface area contributed by atoms with Crippen LogP contribution in [-0.2, 0) is 11.3 Å². The van der Waals surface area contributed by atoms with Crippen molar-refractivity contribution in [1.29, 1.82) is 0 Å². The topological polar surface area (TPSA) is 48.9 Å². The second-order valence-corrected chi connectivity index (χ2v) is 5.29. The molecule has 6 heteroatoms. The van der Waals surface area contributed by atoms with Crippen LogP contribution in [0.25, 0.3) is 0 Å². The summed E-state index contributed by atoms with van der Waals surface area (Å²) < 4.78 is 5.35. The molecule has 0 aliphatic carbocycles. The Morgan fingerprint density at radius 2 is 1.86 bits per heavy atom. The van der Waals surface area contributed by atoms with E-state index < -0.39 is 0 Å². The summed E-state index contributed by atoms with van der Waals surface area (Å²) in [4.78, 5) is 6.66. The second kappa shape index (κ2) is 10.8. The molecule has 0 spiro atoms. The van der Waals surface area contributed by atoms with Gasteiger partial charge in [0.25, 0.3) is 0 Å². The Balaban J connectivity index is 0.00000242. The number of halogens is 1. The van der Waals surface area contributed by atoms with Gasteiger partial charge in [-0.2, -0.15) is 0 Å². The average molecular weight is 418 g/mol. The molecular formula is C16H27IN4O. The Morgan fingerprint density at radius 3 is 2.50 bits per heavy atom. The first kappa shape index (κ1) is 19.2. The fourth-order valence-corrected chi connectivity index (χ4v) is 2.27. The third-order valence-corrected chi connectivity index (χ3v) is 3.63. The maximum absolute atomic E-state index is 5.35. The first-order valence-corrected chi connectivity index (χ1v) is 7.58. The predicted octanol–water partition coefficient (Wildman–Crippen LogP) is 1.61. The lowest BCUT2D eigenvalue weighted by atomic mass is 10.1. The van der Waals surface area contributed by atoms with Crippen LogP contribution in [0.5, 0.6) is 0 Å². The van der Waals surface area contributed by atoms with Gasteiger partial charge in [0.15, 0.2) is 5.96 Å². The number of rotatable bonds is 5. The highest BCUT2D eigenvalue weighted by molar-refractivity contribution is 14.0. The minimum Gasteiger partial charge on any atom is -0.379 e. The molecule has 1 aliphatic heterocycles. The van der Waals surface area contributed by atoms with Gasteiger partial charge in [-0.25, -0.2) is 0 Å². The van der Waals surface area contributed by atoms with Crippen LogP contribution in [0.3, 0.4) is 0 Å². The number of guanidine groups is 1. The van der Waals surface area contributed by atoms with E-state index in [-0.39, 0.29) is 24.0 Å². The van der Waals surface area contributed by atoms with Gasteiger partial charge in [0.2, 0.25) is 0 Å². The highest BCUT2D eigenvalue weighted by atomic mass is 127. The summed E-state index contributed by atoms with van der Waals surface area (Å²) in [5.74, 6) is 0.851. The van der Waals surface area contributed by atoms with Crippen molar-refractivity contribution in [2.24, 2.45) is 4.99 Å². The molecule has 2 N–H and O–H groups in total. The van der Waals surface area contributed by atoms with E-state index in [1.54, 1.807) is 7.05 Å². The minimum absolute atomic E-state index is 0. The molecule has 1 fully saturated rings. The molecule has 22 heavy (non-hydrogen) atoms. The fourth-order valence-electron chi connectivity index (χ4n) is 2.27. The molecule has 5 nitrogen and oxygen atoms in total. The number of hydrogen-bond acceptors (Lipinski definition) is 3. The van der Waals surface area contributed by atoms with E-state index in [1.807, 2.05) is 0 Å². The lowest BCUT2D eigenvalue weighted by Gasteiger charge is -2.26. The molecule has 124 valence electrons. The van der Waals surface area contributed by atoms with E-state index in [0.717, 1.165) is 51.9 Å². The number of morpholine rings is 1. The quantitative estimate of drug-likeness (QED) is 0.434.